The van der Waals surface area contributed by atoms with Gasteiger partial charge in [0, 0.05) is 34.5 Å². The summed E-state index contributed by atoms with van der Waals surface area (Å²) in [6.45, 7) is 4.33. The summed E-state index contributed by atoms with van der Waals surface area (Å²) >= 11 is 0. The number of nitrogens with one attached hydrogen (secondary N) is 2. The molecule has 0 bridgehead atoms. The summed E-state index contributed by atoms with van der Waals surface area (Å²) in [6.07, 6.45) is 3.24. The summed E-state index contributed by atoms with van der Waals surface area (Å²) in [5.74, 6) is 0.849. The molecule has 2 atom stereocenters. The van der Waals surface area contributed by atoms with Gasteiger partial charge in [-0.25, -0.2) is 0 Å². The Bertz CT molecular complexity index is 873. The van der Waals surface area contributed by atoms with Crippen LogP contribution in [-0.2, 0) is 4.79 Å². The molecule has 0 spiro atoms. The third-order valence-electron chi connectivity index (χ3n) is 4.53. The predicted molar refractivity (Wildman–Crippen MR) is 104 cm³/mol. The number of carbonyl (C=O) groups is 1. The Morgan fingerprint density at radius 3 is 2.81 bits per heavy atom. The quantitative estimate of drug-likeness (QED) is 0.448. The molecule has 0 saturated carbocycles. The van der Waals surface area contributed by atoms with E-state index < -0.39 is 0 Å². The molecule has 2 aromatic rings. The third kappa shape index (κ3) is 3.77. The Labute approximate surface area is 153 Å². The predicted octanol–water partition coefficient (Wildman–Crippen LogP) is 3.56. The number of ether oxygens (including phenoxy) is 1. The van der Waals surface area contributed by atoms with E-state index >= 15 is 0 Å². The van der Waals surface area contributed by atoms with E-state index in [1.54, 1.807) is 25.1 Å². The lowest BCUT2D eigenvalue weighted by Crippen LogP contribution is -2.36. The summed E-state index contributed by atoms with van der Waals surface area (Å²) in [7, 11) is 0. The minimum Gasteiger partial charge on any atom is -0.493 e. The van der Waals surface area contributed by atoms with Crippen LogP contribution in [0.2, 0.25) is 0 Å². The largest absolute Gasteiger partial charge is 0.493 e. The number of nitrogen functional groups attached to an aromatic ring is 1. The van der Waals surface area contributed by atoms with Gasteiger partial charge in [-0.3, -0.25) is 4.79 Å². The maximum atomic E-state index is 12.4. The van der Waals surface area contributed by atoms with Crippen molar-refractivity contribution in [3.05, 3.63) is 65.2 Å². The van der Waals surface area contributed by atoms with Gasteiger partial charge in [-0.2, -0.15) is 0 Å². The molecule has 2 aromatic carbocycles. The first-order chi connectivity index (χ1) is 12.5. The molecule has 5 nitrogen and oxygen atoms in total. The minimum absolute atomic E-state index is 0.0786. The molecule has 0 fully saturated rings. The zero-order valence-electron chi connectivity index (χ0n) is 15.0. The van der Waals surface area contributed by atoms with Gasteiger partial charge >= 0.3 is 0 Å². The summed E-state index contributed by atoms with van der Waals surface area (Å²) in [6, 6.07) is 13.1. The number of anilines is 1. The Kier molecular flexibility index (Phi) is 5.07. The molecule has 0 aromatic heterocycles. The number of amides is 1. The lowest BCUT2D eigenvalue weighted by Gasteiger charge is -2.31. The number of hydrogen-bond donors (Lipinski definition) is 3. The molecule has 2 unspecified atom stereocenters. The Morgan fingerprint density at radius 2 is 2.08 bits per heavy atom. The van der Waals surface area contributed by atoms with E-state index in [0.717, 1.165) is 16.9 Å². The van der Waals surface area contributed by atoms with Crippen molar-refractivity contribution in [3.8, 4) is 5.75 Å². The average Bonchev–Trinajstić information content (AvgIpc) is 2.62. The van der Waals surface area contributed by atoms with Crippen molar-refractivity contribution < 1.29 is 9.53 Å². The molecular weight excluding hydrogens is 326 g/mol. The monoisotopic (exact) mass is 349 g/mol. The van der Waals surface area contributed by atoms with Gasteiger partial charge in [0.25, 0.3) is 0 Å². The Balaban J connectivity index is 1.72. The van der Waals surface area contributed by atoms with Gasteiger partial charge in [0.05, 0.1) is 12.6 Å². The molecule has 1 amide bonds. The normalized spacial score (nSPS) is 18.8. The van der Waals surface area contributed by atoms with Crippen LogP contribution in [0, 0.1) is 11.3 Å². The summed E-state index contributed by atoms with van der Waals surface area (Å²) < 4.78 is 5.72. The van der Waals surface area contributed by atoms with Gasteiger partial charge < -0.3 is 21.2 Å². The number of para-hydroxylation sites is 1. The van der Waals surface area contributed by atoms with Crippen molar-refractivity contribution in [2.24, 2.45) is 5.92 Å². The Hall–Kier alpha value is -3.08. The number of benzene rings is 2. The SMILES string of the molecule is CC(=N)c1ccc(/C=C/C(=O)NC2c3ccccc3OCC2C)cc1N. The van der Waals surface area contributed by atoms with Crippen LogP contribution in [-0.4, -0.2) is 18.2 Å². The van der Waals surface area contributed by atoms with Crippen molar-refractivity contribution in [3.63, 3.8) is 0 Å². The number of hydrogen-bond acceptors (Lipinski definition) is 4. The van der Waals surface area contributed by atoms with Gasteiger partial charge in [0.1, 0.15) is 5.75 Å². The summed E-state index contributed by atoms with van der Waals surface area (Å²) in [5.41, 5.74) is 9.45. The standard InChI is InChI=1S/C21H23N3O2/c1-13-12-26-19-6-4-3-5-17(19)21(13)24-20(25)10-8-15-7-9-16(14(2)22)18(23)11-15/h3-11,13,21-22H,12,23H2,1-2H3,(H,24,25)/b10-8+,22-14?. The van der Waals surface area contributed by atoms with Crippen molar-refractivity contribution >= 4 is 23.4 Å². The van der Waals surface area contributed by atoms with Crippen LogP contribution >= 0.6 is 0 Å². The number of rotatable bonds is 4. The topological polar surface area (TPSA) is 88.2 Å². The summed E-state index contributed by atoms with van der Waals surface area (Å²) in [4.78, 5) is 12.4. The first kappa shape index (κ1) is 17.7. The van der Waals surface area contributed by atoms with Gasteiger partial charge in [-0.15, -0.1) is 0 Å². The molecule has 4 N–H and O–H groups in total. The molecular formula is C21H23N3O2. The Morgan fingerprint density at radius 1 is 1.31 bits per heavy atom. The van der Waals surface area contributed by atoms with Crippen LogP contribution in [0.3, 0.4) is 0 Å². The van der Waals surface area contributed by atoms with Crippen LogP contribution in [0.4, 0.5) is 5.69 Å². The fourth-order valence-corrected chi connectivity index (χ4v) is 3.11. The number of nitrogens with two attached hydrogens (primary N) is 1. The van der Waals surface area contributed by atoms with Gasteiger partial charge in [0.15, 0.2) is 0 Å². The fraction of sp³-hybridized carbons (Fsp3) is 0.238. The zero-order valence-corrected chi connectivity index (χ0v) is 15.0. The van der Waals surface area contributed by atoms with Crippen LogP contribution in [0.1, 0.15) is 36.6 Å². The molecule has 26 heavy (non-hydrogen) atoms. The summed E-state index contributed by atoms with van der Waals surface area (Å²) in [5, 5.41) is 10.7. The number of fused-ring (bicyclic) bond motifs is 1. The van der Waals surface area contributed by atoms with Crippen LogP contribution in [0.15, 0.2) is 48.5 Å². The highest BCUT2D eigenvalue weighted by molar-refractivity contribution is 6.01. The van der Waals surface area contributed by atoms with Crippen molar-refractivity contribution in [2.75, 3.05) is 12.3 Å². The van der Waals surface area contributed by atoms with Crippen molar-refractivity contribution in [1.82, 2.24) is 5.32 Å². The molecule has 5 heteroatoms. The van der Waals surface area contributed by atoms with Crippen molar-refractivity contribution in [1.29, 1.82) is 5.41 Å². The van der Waals surface area contributed by atoms with Crippen LogP contribution < -0.4 is 15.8 Å². The van der Waals surface area contributed by atoms with Crippen LogP contribution in [0.5, 0.6) is 5.75 Å². The van der Waals surface area contributed by atoms with Gasteiger partial charge in [0.2, 0.25) is 5.91 Å². The number of carbonyl (C=O) groups excluding carboxylic acids is 1. The molecule has 1 aliphatic rings. The van der Waals surface area contributed by atoms with E-state index in [-0.39, 0.29) is 17.9 Å². The zero-order chi connectivity index (χ0) is 18.7. The maximum Gasteiger partial charge on any atom is 0.244 e. The van der Waals surface area contributed by atoms with E-state index in [4.69, 9.17) is 15.9 Å². The molecule has 1 heterocycles. The van der Waals surface area contributed by atoms with E-state index in [9.17, 15) is 4.79 Å². The highest BCUT2D eigenvalue weighted by atomic mass is 16.5. The van der Waals surface area contributed by atoms with Gasteiger partial charge in [-0.05, 0) is 30.7 Å². The maximum absolute atomic E-state index is 12.4. The molecule has 0 saturated heterocycles. The smallest absolute Gasteiger partial charge is 0.244 e. The molecule has 3 rings (SSSR count). The van der Waals surface area contributed by atoms with Crippen LogP contribution in [0.25, 0.3) is 6.08 Å². The molecule has 134 valence electrons. The molecule has 0 radical (unpaired) electrons. The fourth-order valence-electron chi connectivity index (χ4n) is 3.11. The average molecular weight is 349 g/mol. The van der Waals surface area contributed by atoms with E-state index in [2.05, 4.69) is 12.2 Å². The van der Waals surface area contributed by atoms with Gasteiger partial charge in [-0.1, -0.05) is 37.3 Å². The minimum atomic E-state index is -0.163. The second-order valence-corrected chi connectivity index (χ2v) is 6.62. The van der Waals surface area contributed by atoms with E-state index in [1.807, 2.05) is 30.3 Å². The highest BCUT2D eigenvalue weighted by Gasteiger charge is 2.28. The van der Waals surface area contributed by atoms with E-state index in [1.165, 1.54) is 6.08 Å². The third-order valence-corrected chi connectivity index (χ3v) is 4.53. The van der Waals surface area contributed by atoms with E-state index in [0.29, 0.717) is 23.6 Å². The molecule has 0 aliphatic carbocycles. The molecule has 1 aliphatic heterocycles. The first-order valence-corrected chi connectivity index (χ1v) is 8.61. The van der Waals surface area contributed by atoms with Crippen molar-refractivity contribution in [2.45, 2.75) is 19.9 Å². The second-order valence-electron chi connectivity index (χ2n) is 6.62. The lowest BCUT2D eigenvalue weighted by molar-refractivity contribution is -0.117. The second kappa shape index (κ2) is 7.44. The highest BCUT2D eigenvalue weighted by Crippen LogP contribution is 2.34. The lowest BCUT2D eigenvalue weighted by atomic mass is 9.92. The first-order valence-electron chi connectivity index (χ1n) is 8.61.